The summed E-state index contributed by atoms with van der Waals surface area (Å²) in [5, 5.41) is 0. The molecule has 0 unspecified atom stereocenters. The van der Waals surface area contributed by atoms with Crippen LogP contribution in [0.1, 0.15) is 15.9 Å². The van der Waals surface area contributed by atoms with Crippen molar-refractivity contribution in [1.82, 2.24) is 0 Å². The van der Waals surface area contributed by atoms with Gasteiger partial charge in [0.25, 0.3) is 0 Å². The molecule has 0 amide bonds. The van der Waals surface area contributed by atoms with Crippen LogP contribution in [-0.2, 0) is 4.74 Å². The summed E-state index contributed by atoms with van der Waals surface area (Å²) in [6.07, 6.45) is 0. The van der Waals surface area contributed by atoms with Crippen molar-refractivity contribution in [2.75, 3.05) is 7.11 Å². The minimum atomic E-state index is -2.90. The molecule has 0 aliphatic carbocycles. The largest absolute Gasteiger partial charge is 0.465 e. The highest BCUT2D eigenvalue weighted by Gasteiger charge is 2.16. The number of benzene rings is 1. The summed E-state index contributed by atoms with van der Waals surface area (Å²) in [5.74, 6) is -0.540. The Hall–Kier alpha value is -1.17. The number of carbonyl (C=O) groups is 1. The zero-order valence-electron chi connectivity index (χ0n) is 8.59. The molecule has 6 heteroatoms. The van der Waals surface area contributed by atoms with E-state index in [1.807, 2.05) is 0 Å². The van der Waals surface area contributed by atoms with Crippen LogP contribution in [-0.4, -0.2) is 19.7 Å². The predicted molar refractivity (Wildman–Crippen MR) is 56.9 cm³/mol. The Balaban J connectivity index is 3.13. The van der Waals surface area contributed by atoms with Crippen molar-refractivity contribution < 1.29 is 23.0 Å². The van der Waals surface area contributed by atoms with Gasteiger partial charge >= 0.3 is 12.6 Å². The highest BCUT2D eigenvalue weighted by atomic mass is 79.9. The highest BCUT2D eigenvalue weighted by molar-refractivity contribution is 9.10. The molecule has 0 atom stereocenters. The second-order valence-electron chi connectivity index (χ2n) is 2.92. The Morgan fingerprint density at radius 2 is 2.06 bits per heavy atom. The molecule has 0 heterocycles. The number of carbonyl (C=O) groups excluding carboxylic acids is 1. The van der Waals surface area contributed by atoms with Crippen LogP contribution in [0.15, 0.2) is 16.6 Å². The summed E-state index contributed by atoms with van der Waals surface area (Å²) in [7, 11) is 1.25. The first-order valence-electron chi connectivity index (χ1n) is 4.29. The minimum Gasteiger partial charge on any atom is -0.465 e. The number of rotatable bonds is 3. The van der Waals surface area contributed by atoms with E-state index in [0.29, 0.717) is 15.6 Å². The van der Waals surface area contributed by atoms with Crippen LogP contribution in [0.3, 0.4) is 0 Å². The fourth-order valence-electron chi connectivity index (χ4n) is 1.18. The Labute approximate surface area is 99.5 Å². The molecule has 1 rings (SSSR count). The standard InChI is InChI=1S/C10H9BrF2O3/c1-5-6(9(14)15-2)3-4-7(8(5)11)16-10(12)13/h3-4,10H,1-2H3. The van der Waals surface area contributed by atoms with Crippen LogP contribution in [0.4, 0.5) is 8.78 Å². The van der Waals surface area contributed by atoms with E-state index in [1.54, 1.807) is 6.92 Å². The van der Waals surface area contributed by atoms with E-state index < -0.39 is 12.6 Å². The lowest BCUT2D eigenvalue weighted by Gasteiger charge is -2.11. The quantitative estimate of drug-likeness (QED) is 0.804. The van der Waals surface area contributed by atoms with Crippen LogP contribution >= 0.6 is 15.9 Å². The van der Waals surface area contributed by atoms with Gasteiger partial charge < -0.3 is 9.47 Å². The van der Waals surface area contributed by atoms with E-state index in [9.17, 15) is 13.6 Å². The Kier molecular flexibility index (Phi) is 4.23. The topological polar surface area (TPSA) is 35.5 Å². The fraction of sp³-hybridized carbons (Fsp3) is 0.300. The molecule has 0 bridgehead atoms. The first-order valence-corrected chi connectivity index (χ1v) is 5.09. The van der Waals surface area contributed by atoms with Gasteiger partial charge in [0.2, 0.25) is 0 Å². The van der Waals surface area contributed by atoms with Crippen LogP contribution in [0.2, 0.25) is 0 Å². The van der Waals surface area contributed by atoms with Gasteiger partial charge in [0.15, 0.2) is 0 Å². The van der Waals surface area contributed by atoms with E-state index in [2.05, 4.69) is 25.4 Å². The summed E-state index contributed by atoms with van der Waals surface area (Å²) in [5.41, 5.74) is 0.793. The van der Waals surface area contributed by atoms with Gasteiger partial charge in [-0.3, -0.25) is 0 Å². The Bertz CT molecular complexity index is 407. The number of hydrogen-bond donors (Lipinski definition) is 0. The molecular formula is C10H9BrF2O3. The lowest BCUT2D eigenvalue weighted by molar-refractivity contribution is -0.0503. The molecule has 3 nitrogen and oxygen atoms in total. The van der Waals surface area contributed by atoms with Crippen molar-refractivity contribution in [3.05, 3.63) is 27.7 Å². The second kappa shape index (κ2) is 5.25. The third-order valence-electron chi connectivity index (χ3n) is 1.97. The summed E-state index contributed by atoms with van der Waals surface area (Å²) < 4.78 is 33.2. The maximum Gasteiger partial charge on any atom is 0.387 e. The minimum absolute atomic E-state index is 0.0137. The van der Waals surface area contributed by atoms with Crippen LogP contribution in [0, 0.1) is 6.92 Å². The monoisotopic (exact) mass is 294 g/mol. The van der Waals surface area contributed by atoms with E-state index in [1.165, 1.54) is 19.2 Å². The van der Waals surface area contributed by atoms with Crippen LogP contribution in [0.5, 0.6) is 5.75 Å². The van der Waals surface area contributed by atoms with E-state index in [-0.39, 0.29) is 5.75 Å². The zero-order chi connectivity index (χ0) is 12.3. The molecular weight excluding hydrogens is 286 g/mol. The Morgan fingerprint density at radius 1 is 1.44 bits per heavy atom. The molecule has 0 saturated carbocycles. The summed E-state index contributed by atoms with van der Waals surface area (Å²) in [6, 6.07) is 2.67. The Morgan fingerprint density at radius 3 is 2.56 bits per heavy atom. The summed E-state index contributed by atoms with van der Waals surface area (Å²) >= 11 is 3.09. The maximum atomic E-state index is 12.0. The zero-order valence-corrected chi connectivity index (χ0v) is 10.2. The number of hydrogen-bond acceptors (Lipinski definition) is 3. The summed E-state index contributed by atoms with van der Waals surface area (Å²) in [6.45, 7) is -1.30. The molecule has 0 aliphatic heterocycles. The van der Waals surface area contributed by atoms with E-state index in [0.717, 1.165) is 0 Å². The number of ether oxygens (including phenoxy) is 2. The molecule has 0 aromatic heterocycles. The lowest BCUT2D eigenvalue weighted by atomic mass is 10.1. The van der Waals surface area contributed by atoms with Crippen LogP contribution in [0.25, 0.3) is 0 Å². The van der Waals surface area contributed by atoms with Crippen LogP contribution < -0.4 is 4.74 Å². The van der Waals surface area contributed by atoms with Crippen molar-refractivity contribution in [2.45, 2.75) is 13.5 Å². The highest BCUT2D eigenvalue weighted by Crippen LogP contribution is 2.31. The average molecular weight is 295 g/mol. The van der Waals surface area contributed by atoms with Crippen molar-refractivity contribution in [2.24, 2.45) is 0 Å². The van der Waals surface area contributed by atoms with E-state index >= 15 is 0 Å². The second-order valence-corrected chi connectivity index (χ2v) is 3.71. The summed E-state index contributed by atoms with van der Waals surface area (Å²) in [4.78, 5) is 11.3. The SMILES string of the molecule is COC(=O)c1ccc(OC(F)F)c(Br)c1C. The molecule has 0 N–H and O–H groups in total. The van der Waals surface area contributed by atoms with Gasteiger partial charge in [-0.05, 0) is 40.5 Å². The molecule has 1 aromatic carbocycles. The van der Waals surface area contributed by atoms with Crippen molar-refractivity contribution in [3.63, 3.8) is 0 Å². The van der Waals surface area contributed by atoms with Gasteiger partial charge in [-0.1, -0.05) is 0 Å². The fourth-order valence-corrected chi connectivity index (χ4v) is 1.62. The van der Waals surface area contributed by atoms with Gasteiger partial charge in [0.05, 0.1) is 17.1 Å². The molecule has 16 heavy (non-hydrogen) atoms. The first kappa shape index (κ1) is 12.9. The molecule has 0 saturated heterocycles. The van der Waals surface area contributed by atoms with Gasteiger partial charge in [-0.15, -0.1) is 0 Å². The molecule has 1 aromatic rings. The van der Waals surface area contributed by atoms with Crippen molar-refractivity contribution in [3.8, 4) is 5.75 Å². The number of methoxy groups -OCH3 is 1. The average Bonchev–Trinajstić information content (AvgIpc) is 2.23. The van der Waals surface area contributed by atoms with Gasteiger partial charge in [-0.2, -0.15) is 8.78 Å². The molecule has 0 radical (unpaired) electrons. The smallest absolute Gasteiger partial charge is 0.387 e. The van der Waals surface area contributed by atoms with E-state index in [4.69, 9.17) is 0 Å². The van der Waals surface area contributed by atoms with Gasteiger partial charge in [0, 0.05) is 0 Å². The third kappa shape index (κ3) is 2.69. The van der Waals surface area contributed by atoms with Crippen molar-refractivity contribution in [1.29, 1.82) is 0 Å². The molecule has 0 spiro atoms. The lowest BCUT2D eigenvalue weighted by Crippen LogP contribution is -2.07. The molecule has 88 valence electrons. The maximum absolute atomic E-state index is 12.0. The normalized spacial score (nSPS) is 10.4. The number of alkyl halides is 2. The first-order chi connectivity index (χ1) is 7.47. The van der Waals surface area contributed by atoms with Gasteiger partial charge in [0.1, 0.15) is 5.75 Å². The molecule has 0 fully saturated rings. The third-order valence-corrected chi connectivity index (χ3v) is 2.96. The molecule has 0 aliphatic rings. The van der Waals surface area contributed by atoms with Gasteiger partial charge in [-0.25, -0.2) is 4.79 Å². The predicted octanol–water partition coefficient (Wildman–Crippen LogP) is 3.15. The number of halogens is 3. The number of esters is 1. The van der Waals surface area contributed by atoms with Crippen molar-refractivity contribution >= 4 is 21.9 Å².